The molecule has 0 unspecified atom stereocenters. The number of hydrogen-bond acceptors (Lipinski definition) is 6. The second-order valence-corrected chi connectivity index (χ2v) is 10.4. The van der Waals surface area contributed by atoms with E-state index in [9.17, 15) is 41.2 Å². The molecule has 3 aromatic rings. The van der Waals surface area contributed by atoms with Gasteiger partial charge < -0.3 is 0 Å². The number of nitrogens with zero attached hydrogens (tertiary/aromatic N) is 4. The van der Waals surface area contributed by atoms with Gasteiger partial charge in [0.15, 0.2) is 0 Å². The molecule has 0 N–H and O–H groups in total. The molecule has 204 valence electrons. The zero-order valence-corrected chi connectivity index (χ0v) is 21.6. The Balaban J connectivity index is 2.30. The maximum Gasteiger partial charge on any atom is 0.431 e. The third-order valence-electron chi connectivity index (χ3n) is 5.37. The summed E-state index contributed by atoms with van der Waals surface area (Å²) in [6.45, 7) is 1.18. The normalized spacial score (nSPS) is 11.9. The van der Waals surface area contributed by atoms with Gasteiger partial charge in [-0.15, -0.1) is 0 Å². The van der Waals surface area contributed by atoms with Crippen LogP contribution in [0, 0.1) is 17.1 Å². The van der Waals surface area contributed by atoms with E-state index < -0.39 is 67.6 Å². The van der Waals surface area contributed by atoms with Crippen LogP contribution in [0.25, 0.3) is 11.8 Å². The van der Waals surface area contributed by atoms with E-state index in [1.54, 1.807) is 18.2 Å². The van der Waals surface area contributed by atoms with Gasteiger partial charge in [-0.25, -0.2) is 26.5 Å². The summed E-state index contributed by atoms with van der Waals surface area (Å²) < 4.78 is 80.8. The van der Waals surface area contributed by atoms with Gasteiger partial charge in [-0.3, -0.25) is 14.2 Å². The first-order chi connectivity index (χ1) is 18.1. The standard InChI is InChI=1S/C24H17ClF4N4O5S/c1-3-39(37,38)33(21(34)8-7-14-5-4-6-16(25)9-14)18-11-19(17(26)10-15(18)13-30)32-22(35)12-20(24(27,28)29)31(2)23(32)36/h4-12H,3H2,1-2H3/b8-7+. The van der Waals surface area contributed by atoms with E-state index in [2.05, 4.69) is 0 Å². The minimum atomic E-state index is -5.09. The zero-order valence-electron chi connectivity index (χ0n) is 20.0. The van der Waals surface area contributed by atoms with Gasteiger partial charge in [0, 0.05) is 24.2 Å². The van der Waals surface area contributed by atoms with E-state index in [1.807, 2.05) is 0 Å². The predicted molar refractivity (Wildman–Crippen MR) is 134 cm³/mol. The molecule has 0 fully saturated rings. The number of rotatable bonds is 6. The van der Waals surface area contributed by atoms with Crippen molar-refractivity contribution in [3.8, 4) is 11.8 Å². The van der Waals surface area contributed by atoms with Crippen LogP contribution in [0.1, 0.15) is 23.7 Å². The molecule has 0 aliphatic rings. The summed E-state index contributed by atoms with van der Waals surface area (Å²) in [4.78, 5) is 38.3. The Morgan fingerprint density at radius 1 is 1.18 bits per heavy atom. The van der Waals surface area contributed by atoms with Crippen LogP contribution >= 0.6 is 11.6 Å². The summed E-state index contributed by atoms with van der Waals surface area (Å²) in [5.41, 5.74) is -6.78. The van der Waals surface area contributed by atoms with Crippen LogP contribution in [-0.4, -0.2) is 29.2 Å². The molecule has 3 rings (SSSR count). The van der Waals surface area contributed by atoms with Crippen LogP contribution in [0.3, 0.4) is 0 Å². The van der Waals surface area contributed by atoms with E-state index in [4.69, 9.17) is 11.6 Å². The van der Waals surface area contributed by atoms with Gasteiger partial charge in [0.25, 0.3) is 11.5 Å². The number of halogens is 5. The summed E-state index contributed by atoms with van der Waals surface area (Å²) in [7, 11) is -3.81. The fourth-order valence-corrected chi connectivity index (χ4v) is 4.72. The maximum absolute atomic E-state index is 15.0. The smallest absolute Gasteiger partial charge is 0.292 e. The SMILES string of the molecule is CCS(=O)(=O)N(C(=O)/C=C/c1cccc(Cl)c1)c1cc(-n2c(=O)cc(C(F)(F)F)n(C)c2=O)c(F)cc1C#N. The van der Waals surface area contributed by atoms with E-state index in [0.717, 1.165) is 6.08 Å². The molecule has 39 heavy (non-hydrogen) atoms. The quantitative estimate of drug-likeness (QED) is 0.322. The lowest BCUT2D eigenvalue weighted by molar-refractivity contribution is -0.144. The molecule has 15 heteroatoms. The topological polar surface area (TPSA) is 122 Å². The number of hydrogen-bond donors (Lipinski definition) is 0. The van der Waals surface area contributed by atoms with E-state index in [-0.39, 0.29) is 19.5 Å². The highest BCUT2D eigenvalue weighted by molar-refractivity contribution is 7.93. The van der Waals surface area contributed by atoms with Gasteiger partial charge in [0.2, 0.25) is 10.0 Å². The van der Waals surface area contributed by atoms with Crippen molar-refractivity contribution in [2.45, 2.75) is 13.1 Å². The zero-order chi connectivity index (χ0) is 29.3. The number of carbonyl (C=O) groups is 1. The predicted octanol–water partition coefficient (Wildman–Crippen LogP) is 3.62. The lowest BCUT2D eigenvalue weighted by atomic mass is 10.1. The van der Waals surface area contributed by atoms with Gasteiger partial charge in [-0.1, -0.05) is 23.7 Å². The Kier molecular flexibility index (Phi) is 8.18. The summed E-state index contributed by atoms with van der Waals surface area (Å²) >= 11 is 5.90. The molecular weight excluding hydrogens is 568 g/mol. The molecule has 0 bridgehead atoms. The molecule has 0 atom stereocenters. The van der Waals surface area contributed by atoms with Crippen molar-refractivity contribution in [2.75, 3.05) is 10.1 Å². The highest BCUT2D eigenvalue weighted by Gasteiger charge is 2.36. The second kappa shape index (κ2) is 10.9. The average molecular weight is 585 g/mol. The molecule has 0 saturated heterocycles. The molecule has 0 spiro atoms. The average Bonchev–Trinajstić information content (AvgIpc) is 2.85. The summed E-state index contributed by atoms with van der Waals surface area (Å²) in [6, 6.07) is 8.75. The lowest BCUT2D eigenvalue weighted by Crippen LogP contribution is -2.41. The number of aromatic nitrogens is 2. The van der Waals surface area contributed by atoms with Crippen molar-refractivity contribution in [1.29, 1.82) is 5.26 Å². The maximum atomic E-state index is 15.0. The van der Waals surface area contributed by atoms with Gasteiger partial charge in [0.1, 0.15) is 17.6 Å². The number of anilines is 1. The summed E-state index contributed by atoms with van der Waals surface area (Å²) in [5, 5.41) is 9.87. The number of amides is 1. The molecule has 1 heterocycles. The molecule has 2 aromatic carbocycles. The van der Waals surface area contributed by atoms with Gasteiger partial charge in [-0.05, 0) is 42.8 Å². The minimum absolute atomic E-state index is 0.0260. The van der Waals surface area contributed by atoms with Crippen molar-refractivity contribution in [1.82, 2.24) is 9.13 Å². The molecular formula is C24H17ClF4N4O5S. The fourth-order valence-electron chi connectivity index (χ4n) is 3.48. The highest BCUT2D eigenvalue weighted by atomic mass is 35.5. The van der Waals surface area contributed by atoms with Crippen LogP contribution in [0.15, 0.2) is 58.1 Å². The minimum Gasteiger partial charge on any atom is -0.292 e. The summed E-state index contributed by atoms with van der Waals surface area (Å²) in [5.74, 6) is -3.29. The van der Waals surface area contributed by atoms with Crippen molar-refractivity contribution in [3.05, 3.63) is 97.0 Å². The van der Waals surface area contributed by atoms with Crippen LogP contribution in [0.2, 0.25) is 5.02 Å². The third-order valence-corrected chi connectivity index (χ3v) is 7.26. The van der Waals surface area contributed by atoms with Crippen LogP contribution in [0.4, 0.5) is 23.2 Å². The van der Waals surface area contributed by atoms with E-state index in [1.165, 1.54) is 25.1 Å². The molecule has 0 aliphatic heterocycles. The first-order valence-electron chi connectivity index (χ1n) is 10.8. The largest absolute Gasteiger partial charge is 0.431 e. The Morgan fingerprint density at radius 2 is 1.85 bits per heavy atom. The number of nitriles is 1. The molecule has 1 amide bonds. The van der Waals surface area contributed by atoms with E-state index in [0.29, 0.717) is 29.8 Å². The number of sulfonamides is 1. The van der Waals surface area contributed by atoms with Crippen molar-refractivity contribution >= 4 is 39.3 Å². The second-order valence-electron chi connectivity index (χ2n) is 7.87. The van der Waals surface area contributed by atoms with Crippen molar-refractivity contribution < 1.29 is 30.8 Å². The molecule has 1 aromatic heterocycles. The summed E-state index contributed by atoms with van der Waals surface area (Å²) in [6.07, 6.45) is -3.03. The fraction of sp³-hybridized carbons (Fsp3) is 0.167. The van der Waals surface area contributed by atoms with E-state index >= 15 is 4.39 Å². The van der Waals surface area contributed by atoms with Gasteiger partial charge >= 0.3 is 11.9 Å². The molecule has 0 aliphatic carbocycles. The lowest BCUT2D eigenvalue weighted by Gasteiger charge is -2.23. The molecule has 0 radical (unpaired) electrons. The first kappa shape index (κ1) is 29.3. The first-order valence-corrected chi connectivity index (χ1v) is 12.8. The number of carbonyl (C=O) groups excluding carboxylic acids is 1. The third kappa shape index (κ3) is 5.94. The Hall–Kier alpha value is -4.22. The molecule has 9 nitrogen and oxygen atoms in total. The number of alkyl halides is 3. The Labute approximate surface area is 223 Å². The number of benzene rings is 2. The van der Waals surface area contributed by atoms with Gasteiger partial charge in [0.05, 0.1) is 22.7 Å². The van der Waals surface area contributed by atoms with Crippen molar-refractivity contribution in [3.63, 3.8) is 0 Å². The van der Waals surface area contributed by atoms with Crippen LogP contribution in [0.5, 0.6) is 0 Å². The molecule has 0 saturated carbocycles. The monoisotopic (exact) mass is 584 g/mol. The Morgan fingerprint density at radius 3 is 2.41 bits per heavy atom. The van der Waals surface area contributed by atoms with Crippen LogP contribution in [-0.2, 0) is 28.0 Å². The van der Waals surface area contributed by atoms with Gasteiger partial charge in [-0.2, -0.15) is 18.4 Å². The highest BCUT2D eigenvalue weighted by Crippen LogP contribution is 2.30. The van der Waals surface area contributed by atoms with Crippen LogP contribution < -0.4 is 15.6 Å². The van der Waals surface area contributed by atoms with Crippen molar-refractivity contribution in [2.24, 2.45) is 7.05 Å². The Bertz CT molecular complexity index is 1770.